The number of furan rings is 1. The summed E-state index contributed by atoms with van der Waals surface area (Å²) < 4.78 is 13.4. The number of hydrogen-bond donors (Lipinski definition) is 0. The molecule has 0 saturated carbocycles. The lowest BCUT2D eigenvalue weighted by atomic mass is 9.99. The maximum atomic E-state index is 6.14. The predicted octanol–water partition coefficient (Wildman–Crippen LogP) is 15.7. The summed E-state index contributed by atoms with van der Waals surface area (Å²) in [6.45, 7) is 0. The largest absolute Gasteiger partial charge is 0.456 e. The van der Waals surface area contributed by atoms with Crippen LogP contribution in [0.3, 0.4) is 0 Å². The Bertz CT molecular complexity index is 3900. The Morgan fingerprint density at radius 1 is 0.242 bits per heavy atom. The molecule has 0 bridgehead atoms. The van der Waals surface area contributed by atoms with Crippen LogP contribution in [-0.2, 0) is 0 Å². The van der Waals surface area contributed by atoms with Gasteiger partial charge in [-0.2, -0.15) is 0 Å². The van der Waals surface area contributed by atoms with Gasteiger partial charge in [-0.1, -0.05) is 115 Å². The molecule has 0 atom stereocenters. The molecular weight excluding hydrogens is 755 g/mol. The van der Waals surface area contributed by atoms with E-state index >= 15 is 0 Å². The molecule has 10 aromatic carbocycles. The Labute approximate surface area is 355 Å². The van der Waals surface area contributed by atoms with Gasteiger partial charge in [-0.05, 0) is 119 Å². The van der Waals surface area contributed by atoms with Crippen LogP contribution < -0.4 is 0 Å². The van der Waals surface area contributed by atoms with Crippen molar-refractivity contribution in [2.24, 2.45) is 0 Å². The average molecular weight is 790 g/mol. The molecule has 4 aromatic heterocycles. The van der Waals surface area contributed by atoms with Crippen molar-refractivity contribution in [2.45, 2.75) is 0 Å². The number of fused-ring (bicyclic) bond motifs is 13. The molecule has 14 aromatic rings. The van der Waals surface area contributed by atoms with Crippen molar-refractivity contribution in [3.05, 3.63) is 212 Å². The summed E-state index contributed by atoms with van der Waals surface area (Å²) in [5.41, 5.74) is 14.8. The topological polar surface area (TPSA) is 27.9 Å². The van der Waals surface area contributed by atoms with Gasteiger partial charge in [-0.15, -0.1) is 0 Å². The van der Waals surface area contributed by atoms with Gasteiger partial charge in [0.25, 0.3) is 0 Å². The Morgan fingerprint density at radius 3 is 1.19 bits per heavy atom. The summed E-state index contributed by atoms with van der Waals surface area (Å²) in [5.74, 6) is 0. The van der Waals surface area contributed by atoms with E-state index in [4.69, 9.17) is 4.42 Å². The van der Waals surface area contributed by atoms with Crippen molar-refractivity contribution in [1.29, 1.82) is 0 Å². The van der Waals surface area contributed by atoms with Crippen LogP contribution in [0.2, 0.25) is 0 Å². The molecule has 0 spiro atoms. The molecule has 4 heterocycles. The minimum absolute atomic E-state index is 0.913. The van der Waals surface area contributed by atoms with Gasteiger partial charge in [-0.3, -0.25) is 0 Å². The summed E-state index contributed by atoms with van der Waals surface area (Å²) in [6, 6.07) is 77.5. The molecule has 4 heteroatoms. The van der Waals surface area contributed by atoms with Crippen LogP contribution in [0.4, 0.5) is 0 Å². The third-order valence-corrected chi connectivity index (χ3v) is 13.2. The smallest absolute Gasteiger partial charge is 0.135 e. The third-order valence-electron chi connectivity index (χ3n) is 13.2. The van der Waals surface area contributed by atoms with Crippen LogP contribution in [0.1, 0.15) is 0 Å². The molecule has 0 fully saturated rings. The van der Waals surface area contributed by atoms with Gasteiger partial charge >= 0.3 is 0 Å². The minimum Gasteiger partial charge on any atom is -0.456 e. The molecule has 14 rings (SSSR count). The van der Waals surface area contributed by atoms with Crippen molar-refractivity contribution in [1.82, 2.24) is 13.7 Å². The molecule has 4 nitrogen and oxygen atoms in total. The van der Waals surface area contributed by atoms with E-state index in [1.807, 2.05) is 12.1 Å². The van der Waals surface area contributed by atoms with Crippen molar-refractivity contribution >= 4 is 98.1 Å². The molecule has 0 unspecified atom stereocenters. The summed E-state index contributed by atoms with van der Waals surface area (Å²) >= 11 is 0. The second-order valence-electron chi connectivity index (χ2n) is 16.5. The van der Waals surface area contributed by atoms with Crippen LogP contribution >= 0.6 is 0 Å². The van der Waals surface area contributed by atoms with Crippen molar-refractivity contribution in [3.63, 3.8) is 0 Å². The van der Waals surface area contributed by atoms with Crippen LogP contribution in [-0.4, -0.2) is 13.7 Å². The highest BCUT2D eigenvalue weighted by atomic mass is 16.3. The number of nitrogens with zero attached hydrogens (tertiary/aromatic N) is 3. The first-order valence-corrected chi connectivity index (χ1v) is 21.2. The van der Waals surface area contributed by atoms with Gasteiger partial charge in [-0.25, -0.2) is 0 Å². The Balaban J connectivity index is 0.977. The number of benzene rings is 10. The van der Waals surface area contributed by atoms with E-state index in [0.717, 1.165) is 39.0 Å². The lowest BCUT2D eigenvalue weighted by Gasteiger charge is -2.12. The second-order valence-corrected chi connectivity index (χ2v) is 16.5. The molecule has 0 saturated heterocycles. The first kappa shape index (κ1) is 33.5. The van der Waals surface area contributed by atoms with Crippen LogP contribution in [0.15, 0.2) is 217 Å². The Hall–Kier alpha value is -8.34. The van der Waals surface area contributed by atoms with Crippen LogP contribution in [0.5, 0.6) is 0 Å². The number of hydrogen-bond acceptors (Lipinski definition) is 1. The fourth-order valence-electron chi connectivity index (χ4n) is 10.4. The predicted molar refractivity (Wildman–Crippen MR) is 260 cm³/mol. The fraction of sp³-hybridized carbons (Fsp3) is 0. The second kappa shape index (κ2) is 12.6. The fourth-order valence-corrected chi connectivity index (χ4v) is 10.4. The van der Waals surface area contributed by atoms with E-state index in [2.05, 4.69) is 214 Å². The molecule has 288 valence electrons. The molecule has 0 N–H and O–H groups in total. The minimum atomic E-state index is 0.913. The lowest BCUT2D eigenvalue weighted by molar-refractivity contribution is 0.669. The summed E-state index contributed by atoms with van der Waals surface area (Å²) in [6.07, 6.45) is 0. The zero-order chi connectivity index (χ0) is 40.5. The van der Waals surface area contributed by atoms with Crippen molar-refractivity contribution in [2.75, 3.05) is 0 Å². The van der Waals surface area contributed by atoms with E-state index < -0.39 is 0 Å². The molecule has 0 radical (unpaired) electrons. The van der Waals surface area contributed by atoms with E-state index in [9.17, 15) is 0 Å². The molecule has 0 aliphatic heterocycles. The number of para-hydroxylation sites is 5. The lowest BCUT2D eigenvalue weighted by Crippen LogP contribution is -1.96. The molecule has 0 aliphatic rings. The van der Waals surface area contributed by atoms with E-state index in [0.29, 0.717) is 0 Å². The number of aromatic nitrogens is 3. The van der Waals surface area contributed by atoms with Gasteiger partial charge in [0.2, 0.25) is 0 Å². The van der Waals surface area contributed by atoms with Gasteiger partial charge in [0.1, 0.15) is 11.2 Å². The van der Waals surface area contributed by atoms with Gasteiger partial charge in [0, 0.05) is 60.2 Å². The maximum Gasteiger partial charge on any atom is 0.135 e. The maximum absolute atomic E-state index is 6.14. The van der Waals surface area contributed by atoms with Gasteiger partial charge < -0.3 is 18.1 Å². The summed E-state index contributed by atoms with van der Waals surface area (Å²) in [7, 11) is 0. The third kappa shape index (κ3) is 4.72. The standard InChI is InChI=1S/C58H35N3O/c1-6-16-51-43(11-1)44-12-2-7-17-52(44)60(51)41-26-28-55-48(34-41)49-35-42(61-53-18-8-3-13-45(53)46-14-4-9-19-54(46)61)27-29-56(49)59(55)40-25-23-37-31-36(21-22-38(37)32-40)39-24-30-58-50(33-39)47-15-5-10-20-57(47)62-58/h1-35H. The quantitative estimate of drug-likeness (QED) is 0.175. The summed E-state index contributed by atoms with van der Waals surface area (Å²) in [5, 5.41) is 12.1. The first-order chi connectivity index (χ1) is 30.7. The normalized spacial score (nSPS) is 12.2. The molecule has 0 aliphatic carbocycles. The van der Waals surface area contributed by atoms with Crippen molar-refractivity contribution in [3.8, 4) is 28.2 Å². The number of rotatable bonds is 4. The molecule has 0 amide bonds. The molecule has 62 heavy (non-hydrogen) atoms. The van der Waals surface area contributed by atoms with Gasteiger partial charge in [0.05, 0.1) is 33.1 Å². The first-order valence-electron chi connectivity index (χ1n) is 21.2. The zero-order valence-corrected chi connectivity index (χ0v) is 33.5. The zero-order valence-electron chi connectivity index (χ0n) is 33.5. The van der Waals surface area contributed by atoms with E-state index in [1.165, 1.54) is 87.3 Å². The van der Waals surface area contributed by atoms with E-state index in [1.54, 1.807) is 0 Å². The highest BCUT2D eigenvalue weighted by molar-refractivity contribution is 6.14. The van der Waals surface area contributed by atoms with Crippen molar-refractivity contribution < 1.29 is 4.42 Å². The molecular formula is C58H35N3O. The summed E-state index contributed by atoms with van der Waals surface area (Å²) in [4.78, 5) is 0. The Kier molecular flexibility index (Phi) is 6.80. The average Bonchev–Trinajstić information content (AvgIpc) is 4.07. The Morgan fingerprint density at radius 2 is 0.629 bits per heavy atom. The van der Waals surface area contributed by atoms with Crippen LogP contribution in [0, 0.1) is 0 Å². The monoisotopic (exact) mass is 789 g/mol. The van der Waals surface area contributed by atoms with Crippen LogP contribution in [0.25, 0.3) is 126 Å². The van der Waals surface area contributed by atoms with E-state index in [-0.39, 0.29) is 0 Å². The highest BCUT2D eigenvalue weighted by Gasteiger charge is 2.19. The SMILES string of the molecule is c1ccc2c(c1)oc1ccc(-c3ccc4cc(-n5c6ccc(-n7c8ccccc8c8ccccc87)cc6c6cc(-n7c8ccccc8c8ccccc87)ccc65)ccc4c3)cc12. The highest BCUT2D eigenvalue weighted by Crippen LogP contribution is 2.40. The van der Waals surface area contributed by atoms with Gasteiger partial charge in [0.15, 0.2) is 0 Å².